The molecule has 2 bridgehead atoms. The summed E-state index contributed by atoms with van der Waals surface area (Å²) in [6.45, 7) is 0. The number of hydrogen-bond acceptors (Lipinski definition) is 3. The summed E-state index contributed by atoms with van der Waals surface area (Å²) in [6.07, 6.45) is 7.32. The smallest absolute Gasteiger partial charge is 0.160 e. The minimum absolute atomic E-state index is 0.0178. The number of carbonyl (C=O) groups excluding carboxylic acids is 1. The quantitative estimate of drug-likeness (QED) is 0.827. The number of fused-ring (bicyclic) bond motifs is 2. The van der Waals surface area contributed by atoms with Crippen LogP contribution in [-0.4, -0.2) is 20.0 Å². The van der Waals surface area contributed by atoms with Gasteiger partial charge in [-0.15, -0.1) is 0 Å². The number of benzene rings is 1. The van der Waals surface area contributed by atoms with E-state index in [0.717, 1.165) is 55.9 Å². The number of aryl methyl sites for hydroxylation is 1. The molecule has 1 aromatic carbocycles. The van der Waals surface area contributed by atoms with E-state index < -0.39 is 0 Å². The van der Waals surface area contributed by atoms with Gasteiger partial charge in [-0.2, -0.15) is 0 Å². The zero-order chi connectivity index (χ0) is 14.9. The second-order valence-electron chi connectivity index (χ2n) is 6.54. The third kappa shape index (κ3) is 2.66. The Kier molecular flexibility index (Phi) is 3.92. The van der Waals surface area contributed by atoms with Crippen LogP contribution in [0, 0.1) is 11.3 Å². The Labute approximate surface area is 126 Å². The van der Waals surface area contributed by atoms with Gasteiger partial charge < -0.3 is 9.47 Å². The third-order valence-electron chi connectivity index (χ3n) is 5.42. The number of rotatable bonds is 5. The molecular weight excluding hydrogens is 264 g/mol. The predicted molar refractivity (Wildman–Crippen MR) is 81.9 cm³/mol. The Morgan fingerprint density at radius 2 is 2.00 bits per heavy atom. The summed E-state index contributed by atoms with van der Waals surface area (Å²) in [7, 11) is 3.31. The normalized spacial score (nSPS) is 27.7. The largest absolute Gasteiger partial charge is 0.493 e. The van der Waals surface area contributed by atoms with Crippen molar-refractivity contribution in [2.75, 3.05) is 14.2 Å². The fourth-order valence-corrected chi connectivity index (χ4v) is 4.12. The molecule has 0 amide bonds. The molecule has 0 N–H and O–H groups in total. The summed E-state index contributed by atoms with van der Waals surface area (Å²) in [4.78, 5) is 12.4. The first-order chi connectivity index (χ1) is 10.2. The molecule has 3 heteroatoms. The molecule has 2 saturated carbocycles. The van der Waals surface area contributed by atoms with E-state index in [4.69, 9.17) is 9.47 Å². The second kappa shape index (κ2) is 5.70. The van der Waals surface area contributed by atoms with Crippen molar-refractivity contribution in [3.63, 3.8) is 0 Å². The van der Waals surface area contributed by atoms with Crippen molar-refractivity contribution in [2.24, 2.45) is 11.3 Å². The molecule has 1 aromatic rings. The first kappa shape index (κ1) is 14.4. The van der Waals surface area contributed by atoms with E-state index in [9.17, 15) is 4.79 Å². The minimum atomic E-state index is -0.0178. The summed E-state index contributed by atoms with van der Waals surface area (Å²) in [6, 6.07) is 6.07. The molecule has 0 saturated heterocycles. The number of hydrogen-bond donors (Lipinski definition) is 0. The molecule has 0 heterocycles. The van der Waals surface area contributed by atoms with Gasteiger partial charge in [0.2, 0.25) is 0 Å². The van der Waals surface area contributed by atoms with Crippen LogP contribution in [0.25, 0.3) is 0 Å². The number of ether oxygens (including phenoxy) is 2. The van der Waals surface area contributed by atoms with E-state index in [0.29, 0.717) is 5.78 Å². The summed E-state index contributed by atoms with van der Waals surface area (Å²) in [5.41, 5.74) is 1.21. The van der Waals surface area contributed by atoms with Crippen LogP contribution in [0.1, 0.15) is 44.1 Å². The Bertz CT molecular complexity index is 537. The van der Waals surface area contributed by atoms with E-state index >= 15 is 0 Å². The molecular formula is C18H24O3. The van der Waals surface area contributed by atoms with Gasteiger partial charge in [0.25, 0.3) is 0 Å². The van der Waals surface area contributed by atoms with Gasteiger partial charge >= 0.3 is 0 Å². The molecule has 2 atom stereocenters. The van der Waals surface area contributed by atoms with Gasteiger partial charge in [0.1, 0.15) is 5.78 Å². The average Bonchev–Trinajstić information content (AvgIpc) is 2.88. The molecule has 0 aliphatic heterocycles. The molecule has 0 radical (unpaired) electrons. The summed E-state index contributed by atoms with van der Waals surface area (Å²) in [5.74, 6) is 2.84. The lowest BCUT2D eigenvalue weighted by molar-refractivity contribution is -0.130. The van der Waals surface area contributed by atoms with Crippen molar-refractivity contribution in [3.8, 4) is 11.5 Å². The maximum Gasteiger partial charge on any atom is 0.160 e. The van der Waals surface area contributed by atoms with Crippen molar-refractivity contribution in [3.05, 3.63) is 23.8 Å². The maximum absolute atomic E-state index is 12.4. The lowest BCUT2D eigenvalue weighted by Gasteiger charge is -2.31. The molecule has 2 aliphatic carbocycles. The molecule has 0 aromatic heterocycles. The number of methoxy groups -OCH3 is 2. The Morgan fingerprint density at radius 1 is 1.19 bits per heavy atom. The number of Topliss-reactive ketones (excluding diaryl/α,β-unsaturated/α-hetero) is 1. The van der Waals surface area contributed by atoms with Crippen LogP contribution >= 0.6 is 0 Å². The first-order valence-corrected chi connectivity index (χ1v) is 7.91. The molecule has 2 unspecified atom stereocenters. The van der Waals surface area contributed by atoms with Gasteiger partial charge in [-0.1, -0.05) is 6.07 Å². The van der Waals surface area contributed by atoms with Crippen molar-refractivity contribution >= 4 is 5.78 Å². The van der Waals surface area contributed by atoms with Crippen LogP contribution in [0.15, 0.2) is 18.2 Å². The van der Waals surface area contributed by atoms with Gasteiger partial charge in [0.05, 0.1) is 14.2 Å². The lowest BCUT2D eigenvalue weighted by atomic mass is 9.71. The summed E-state index contributed by atoms with van der Waals surface area (Å²) >= 11 is 0. The minimum Gasteiger partial charge on any atom is -0.493 e. The molecule has 3 nitrogen and oxygen atoms in total. The fourth-order valence-electron chi connectivity index (χ4n) is 4.12. The Hall–Kier alpha value is -1.51. The van der Waals surface area contributed by atoms with Crippen LogP contribution in [-0.2, 0) is 11.2 Å². The van der Waals surface area contributed by atoms with Gasteiger partial charge in [0, 0.05) is 11.8 Å². The highest BCUT2D eigenvalue weighted by atomic mass is 16.5. The highest BCUT2D eigenvalue weighted by molar-refractivity contribution is 5.86. The summed E-state index contributed by atoms with van der Waals surface area (Å²) in [5, 5.41) is 0. The van der Waals surface area contributed by atoms with Crippen LogP contribution in [0.4, 0.5) is 0 Å². The van der Waals surface area contributed by atoms with Crippen molar-refractivity contribution in [1.29, 1.82) is 0 Å². The molecule has 21 heavy (non-hydrogen) atoms. The molecule has 3 rings (SSSR count). The van der Waals surface area contributed by atoms with Crippen LogP contribution in [0.2, 0.25) is 0 Å². The molecule has 114 valence electrons. The number of carbonyl (C=O) groups is 1. The van der Waals surface area contributed by atoms with Crippen LogP contribution in [0.3, 0.4) is 0 Å². The fraction of sp³-hybridized carbons (Fsp3) is 0.611. The number of ketones is 1. The lowest BCUT2D eigenvalue weighted by Crippen LogP contribution is -2.32. The van der Waals surface area contributed by atoms with Crippen molar-refractivity contribution in [2.45, 2.75) is 44.9 Å². The van der Waals surface area contributed by atoms with E-state index in [-0.39, 0.29) is 5.41 Å². The van der Waals surface area contributed by atoms with Crippen molar-refractivity contribution in [1.82, 2.24) is 0 Å². The molecule has 0 spiro atoms. The van der Waals surface area contributed by atoms with Gasteiger partial charge in [-0.05, 0) is 62.1 Å². The van der Waals surface area contributed by atoms with Gasteiger partial charge in [-0.3, -0.25) is 4.79 Å². The van der Waals surface area contributed by atoms with Crippen LogP contribution < -0.4 is 9.47 Å². The highest BCUT2D eigenvalue weighted by Gasteiger charge is 2.47. The van der Waals surface area contributed by atoms with Gasteiger partial charge in [0.15, 0.2) is 11.5 Å². The monoisotopic (exact) mass is 288 g/mol. The zero-order valence-corrected chi connectivity index (χ0v) is 13.0. The second-order valence-corrected chi connectivity index (χ2v) is 6.54. The third-order valence-corrected chi connectivity index (χ3v) is 5.42. The van der Waals surface area contributed by atoms with E-state index in [2.05, 4.69) is 6.07 Å². The molecule has 2 aliphatic rings. The highest BCUT2D eigenvalue weighted by Crippen LogP contribution is 2.51. The zero-order valence-electron chi connectivity index (χ0n) is 13.0. The summed E-state index contributed by atoms with van der Waals surface area (Å²) < 4.78 is 10.6. The van der Waals surface area contributed by atoms with E-state index in [1.54, 1.807) is 14.2 Å². The van der Waals surface area contributed by atoms with E-state index in [1.807, 2.05) is 12.1 Å². The standard InChI is InChI=1S/C18H24O3/c1-20-15-5-3-13(11-16(15)21-2)7-9-18-10-8-14(12-18)4-6-17(18)19/h3,5,11,14H,4,6-10,12H2,1-2H3. The Morgan fingerprint density at radius 3 is 2.76 bits per heavy atom. The SMILES string of the molecule is COc1ccc(CCC23CCC(CCC2=O)C3)cc1OC. The molecule has 2 fully saturated rings. The van der Waals surface area contributed by atoms with Crippen molar-refractivity contribution < 1.29 is 14.3 Å². The predicted octanol–water partition coefficient (Wildman–Crippen LogP) is 3.79. The van der Waals surface area contributed by atoms with E-state index in [1.165, 1.54) is 12.0 Å². The topological polar surface area (TPSA) is 35.5 Å². The Balaban J connectivity index is 1.71. The van der Waals surface area contributed by atoms with Crippen LogP contribution in [0.5, 0.6) is 11.5 Å². The maximum atomic E-state index is 12.4. The average molecular weight is 288 g/mol. The van der Waals surface area contributed by atoms with Gasteiger partial charge in [-0.25, -0.2) is 0 Å². The first-order valence-electron chi connectivity index (χ1n) is 7.91.